The van der Waals surface area contributed by atoms with Gasteiger partial charge in [-0.05, 0) is 30.7 Å². The lowest BCUT2D eigenvalue weighted by atomic mass is 10.2. The Hall–Kier alpha value is -3.41. The van der Waals surface area contributed by atoms with Crippen LogP contribution in [0, 0.1) is 0 Å². The number of fused-ring (bicyclic) bond motifs is 2. The lowest BCUT2D eigenvalue weighted by Crippen LogP contribution is -2.14. The molecule has 142 valence electrons. The molecule has 0 saturated carbocycles. The maximum atomic E-state index is 13.1. The molecule has 2 aromatic carbocycles. The Bertz CT molecular complexity index is 1130. The average Bonchev–Trinajstić information content (AvgIpc) is 2.98. The molecule has 0 spiro atoms. The van der Waals surface area contributed by atoms with Gasteiger partial charge in [-0.25, -0.2) is 9.97 Å². The summed E-state index contributed by atoms with van der Waals surface area (Å²) in [5.41, 5.74) is 10.3. The summed E-state index contributed by atoms with van der Waals surface area (Å²) in [5.74, 6) is 0.141. The molecule has 28 heavy (non-hydrogen) atoms. The number of para-hydroxylation sites is 3. The van der Waals surface area contributed by atoms with Gasteiger partial charge < -0.3 is 15.6 Å². The summed E-state index contributed by atoms with van der Waals surface area (Å²) in [4.78, 5) is 22.5. The van der Waals surface area contributed by atoms with Crippen LogP contribution in [-0.2, 0) is 6.54 Å². The first-order valence-corrected chi connectivity index (χ1v) is 9.60. The van der Waals surface area contributed by atoms with E-state index in [0.29, 0.717) is 34.8 Å². The molecule has 0 aliphatic rings. The Kier molecular flexibility index (Phi) is 4.93. The number of unbranched alkanes of at least 4 members (excludes halogenated alkanes) is 2. The Balaban J connectivity index is 1.85. The van der Waals surface area contributed by atoms with E-state index in [1.807, 2.05) is 59.2 Å². The minimum Gasteiger partial charge on any atom is -0.384 e. The van der Waals surface area contributed by atoms with E-state index in [0.717, 1.165) is 30.3 Å². The van der Waals surface area contributed by atoms with E-state index >= 15 is 0 Å². The summed E-state index contributed by atoms with van der Waals surface area (Å²) < 4.78 is 1.92. The van der Waals surface area contributed by atoms with Crippen molar-refractivity contribution in [2.75, 3.05) is 11.1 Å². The molecule has 6 nitrogen and oxygen atoms in total. The Morgan fingerprint density at radius 3 is 2.39 bits per heavy atom. The SMILES string of the molecule is CCCCCn1c(N)c(C(=O)Nc2ccccc2)c2nc3ccccc3nc21. The predicted molar refractivity (Wildman–Crippen MR) is 113 cm³/mol. The Morgan fingerprint density at radius 2 is 1.68 bits per heavy atom. The maximum Gasteiger partial charge on any atom is 0.261 e. The number of nitrogen functional groups attached to an aromatic ring is 1. The summed E-state index contributed by atoms with van der Waals surface area (Å²) in [5, 5.41) is 2.92. The first kappa shape index (κ1) is 18.0. The molecular weight excluding hydrogens is 350 g/mol. The molecule has 0 radical (unpaired) electrons. The van der Waals surface area contributed by atoms with Crippen LogP contribution in [0.15, 0.2) is 54.6 Å². The lowest BCUT2D eigenvalue weighted by Gasteiger charge is -2.08. The first-order chi connectivity index (χ1) is 13.7. The number of nitrogens with one attached hydrogen (secondary N) is 1. The van der Waals surface area contributed by atoms with Gasteiger partial charge in [0.05, 0.1) is 11.0 Å². The number of benzene rings is 2. The second kappa shape index (κ2) is 7.68. The van der Waals surface area contributed by atoms with Crippen molar-refractivity contribution in [2.45, 2.75) is 32.7 Å². The highest BCUT2D eigenvalue weighted by Crippen LogP contribution is 2.29. The fraction of sp³-hybridized carbons (Fsp3) is 0.227. The van der Waals surface area contributed by atoms with E-state index < -0.39 is 0 Å². The fourth-order valence-electron chi connectivity index (χ4n) is 3.40. The summed E-state index contributed by atoms with van der Waals surface area (Å²) in [6.45, 7) is 2.87. The van der Waals surface area contributed by atoms with Crippen LogP contribution in [0.2, 0.25) is 0 Å². The molecule has 2 heterocycles. The third-order valence-electron chi connectivity index (χ3n) is 4.84. The number of amides is 1. The van der Waals surface area contributed by atoms with Gasteiger partial charge >= 0.3 is 0 Å². The van der Waals surface area contributed by atoms with Gasteiger partial charge in [-0.15, -0.1) is 0 Å². The van der Waals surface area contributed by atoms with E-state index in [9.17, 15) is 4.79 Å². The van der Waals surface area contributed by atoms with Crippen molar-refractivity contribution in [3.63, 3.8) is 0 Å². The van der Waals surface area contributed by atoms with Crippen LogP contribution < -0.4 is 11.1 Å². The van der Waals surface area contributed by atoms with Crippen LogP contribution in [0.1, 0.15) is 36.5 Å². The Labute approximate surface area is 163 Å². The molecule has 6 heteroatoms. The van der Waals surface area contributed by atoms with E-state index in [1.54, 1.807) is 0 Å². The van der Waals surface area contributed by atoms with Crippen molar-refractivity contribution in [3.8, 4) is 0 Å². The zero-order chi connectivity index (χ0) is 19.5. The molecule has 0 bridgehead atoms. The van der Waals surface area contributed by atoms with Crippen LogP contribution >= 0.6 is 0 Å². The third kappa shape index (κ3) is 3.29. The van der Waals surface area contributed by atoms with Gasteiger partial charge in [0, 0.05) is 12.2 Å². The Morgan fingerprint density at radius 1 is 1.00 bits per heavy atom. The quantitative estimate of drug-likeness (QED) is 0.483. The zero-order valence-electron chi connectivity index (χ0n) is 15.9. The highest BCUT2D eigenvalue weighted by Gasteiger charge is 2.23. The topological polar surface area (TPSA) is 85.8 Å². The molecule has 2 aromatic heterocycles. The molecule has 0 aliphatic heterocycles. The van der Waals surface area contributed by atoms with Crippen molar-refractivity contribution < 1.29 is 4.79 Å². The number of rotatable bonds is 6. The molecule has 4 rings (SSSR count). The zero-order valence-corrected chi connectivity index (χ0v) is 15.9. The van der Waals surface area contributed by atoms with Crippen LogP contribution in [0.5, 0.6) is 0 Å². The highest BCUT2D eigenvalue weighted by atomic mass is 16.1. The standard InChI is InChI=1S/C22H23N5O/c1-2-3-9-14-27-20(23)18(22(28)24-15-10-5-4-6-11-15)19-21(27)26-17-13-8-7-12-16(17)25-19/h4-8,10-13H,2-3,9,14,23H2,1H3,(H,24,28). The van der Waals surface area contributed by atoms with Crippen LogP contribution in [0.3, 0.4) is 0 Å². The van der Waals surface area contributed by atoms with Crippen LogP contribution in [0.4, 0.5) is 11.5 Å². The monoisotopic (exact) mass is 373 g/mol. The number of hydrogen-bond acceptors (Lipinski definition) is 4. The summed E-state index contributed by atoms with van der Waals surface area (Å²) >= 11 is 0. The van der Waals surface area contributed by atoms with E-state index in [-0.39, 0.29) is 5.91 Å². The van der Waals surface area contributed by atoms with Gasteiger partial charge in [0.2, 0.25) is 0 Å². The van der Waals surface area contributed by atoms with Gasteiger partial charge in [0.15, 0.2) is 5.65 Å². The smallest absolute Gasteiger partial charge is 0.261 e. The largest absolute Gasteiger partial charge is 0.384 e. The third-order valence-corrected chi connectivity index (χ3v) is 4.84. The van der Waals surface area contributed by atoms with Crippen molar-refractivity contribution in [1.29, 1.82) is 0 Å². The number of anilines is 2. The molecule has 0 saturated heterocycles. The van der Waals surface area contributed by atoms with Crippen molar-refractivity contribution >= 4 is 39.6 Å². The molecule has 0 atom stereocenters. The number of aryl methyl sites for hydroxylation is 1. The first-order valence-electron chi connectivity index (χ1n) is 9.60. The highest BCUT2D eigenvalue weighted by molar-refractivity contribution is 6.16. The van der Waals surface area contributed by atoms with Crippen molar-refractivity contribution in [2.24, 2.45) is 0 Å². The molecule has 0 unspecified atom stereocenters. The van der Waals surface area contributed by atoms with Crippen molar-refractivity contribution in [1.82, 2.24) is 14.5 Å². The lowest BCUT2D eigenvalue weighted by molar-refractivity contribution is 0.102. The molecule has 1 amide bonds. The van der Waals surface area contributed by atoms with Gasteiger partial charge in [-0.1, -0.05) is 50.1 Å². The molecular formula is C22H23N5O. The fourth-order valence-corrected chi connectivity index (χ4v) is 3.40. The summed E-state index contributed by atoms with van der Waals surface area (Å²) in [6.07, 6.45) is 3.17. The molecule has 4 aromatic rings. The van der Waals surface area contributed by atoms with Gasteiger partial charge in [-0.2, -0.15) is 0 Å². The number of nitrogens with zero attached hydrogens (tertiary/aromatic N) is 3. The second-order valence-corrected chi connectivity index (χ2v) is 6.82. The predicted octanol–water partition coefficient (Wildman–Crippen LogP) is 4.61. The number of carbonyl (C=O) groups is 1. The van der Waals surface area contributed by atoms with Gasteiger partial charge in [-0.3, -0.25) is 4.79 Å². The molecule has 0 aliphatic carbocycles. The number of nitrogens with two attached hydrogens (primary N) is 1. The maximum absolute atomic E-state index is 13.1. The molecule has 3 N–H and O–H groups in total. The summed E-state index contributed by atoms with van der Waals surface area (Å²) in [7, 11) is 0. The van der Waals surface area contributed by atoms with E-state index in [1.165, 1.54) is 0 Å². The number of hydrogen-bond donors (Lipinski definition) is 2. The van der Waals surface area contributed by atoms with Crippen LogP contribution in [0.25, 0.3) is 22.2 Å². The van der Waals surface area contributed by atoms with Crippen LogP contribution in [-0.4, -0.2) is 20.4 Å². The van der Waals surface area contributed by atoms with Gasteiger partial charge in [0.1, 0.15) is 16.9 Å². The van der Waals surface area contributed by atoms with E-state index in [2.05, 4.69) is 12.2 Å². The second-order valence-electron chi connectivity index (χ2n) is 6.82. The molecule has 0 fully saturated rings. The minimum absolute atomic E-state index is 0.271. The van der Waals surface area contributed by atoms with Gasteiger partial charge in [0.25, 0.3) is 5.91 Å². The minimum atomic E-state index is -0.271. The number of carbonyl (C=O) groups excluding carboxylic acids is 1. The average molecular weight is 373 g/mol. The van der Waals surface area contributed by atoms with E-state index in [4.69, 9.17) is 15.7 Å². The normalized spacial score (nSPS) is 11.2. The van der Waals surface area contributed by atoms with Crippen molar-refractivity contribution in [3.05, 3.63) is 60.2 Å². The summed E-state index contributed by atoms with van der Waals surface area (Å²) in [6, 6.07) is 17.0. The number of aromatic nitrogens is 3.